The van der Waals surface area contributed by atoms with Crippen LogP contribution in [0.1, 0.15) is 29.5 Å². The summed E-state index contributed by atoms with van der Waals surface area (Å²) >= 11 is 0. The molecule has 1 amide bonds. The number of amides is 1. The van der Waals surface area contributed by atoms with Crippen molar-refractivity contribution in [1.82, 2.24) is 10.1 Å². The Balaban J connectivity index is 1.79. The maximum absolute atomic E-state index is 12.5. The fourth-order valence-electron chi connectivity index (χ4n) is 2.93. The van der Waals surface area contributed by atoms with Gasteiger partial charge in [-0.1, -0.05) is 35.0 Å². The number of carboxylic acid groups (broad SMARTS) is 1. The number of benzene rings is 1. The molecule has 1 aliphatic heterocycles. The zero-order valence-corrected chi connectivity index (χ0v) is 13.0. The monoisotopic (exact) mass is 314 g/mol. The normalized spacial score (nSPS) is 20.7. The molecule has 23 heavy (non-hydrogen) atoms. The maximum Gasteiger partial charge on any atom is 0.308 e. The minimum absolute atomic E-state index is 0.137. The number of carbonyl (C=O) groups excluding carboxylic acids is 1. The van der Waals surface area contributed by atoms with Gasteiger partial charge in [0.2, 0.25) is 5.76 Å². The Labute approximate surface area is 133 Å². The van der Waals surface area contributed by atoms with Gasteiger partial charge in [-0.05, 0) is 20.3 Å². The molecule has 0 bridgehead atoms. The van der Waals surface area contributed by atoms with Gasteiger partial charge in [-0.25, -0.2) is 0 Å². The third-order valence-corrected chi connectivity index (χ3v) is 4.40. The van der Waals surface area contributed by atoms with E-state index < -0.39 is 11.9 Å². The van der Waals surface area contributed by atoms with Crippen molar-refractivity contribution in [3.8, 4) is 11.3 Å². The fourth-order valence-corrected chi connectivity index (χ4v) is 2.93. The van der Waals surface area contributed by atoms with Crippen LogP contribution in [0.3, 0.4) is 0 Å². The average molecular weight is 314 g/mol. The Morgan fingerprint density at radius 1 is 1.30 bits per heavy atom. The smallest absolute Gasteiger partial charge is 0.308 e. The molecule has 6 heteroatoms. The first-order valence-corrected chi connectivity index (χ1v) is 7.55. The fraction of sp³-hybridized carbons (Fsp3) is 0.353. The van der Waals surface area contributed by atoms with E-state index in [0.717, 1.165) is 11.1 Å². The van der Waals surface area contributed by atoms with E-state index in [0.29, 0.717) is 18.7 Å². The number of carboxylic acids is 1. The van der Waals surface area contributed by atoms with Crippen molar-refractivity contribution >= 4 is 11.9 Å². The molecule has 1 aromatic heterocycles. The number of aromatic nitrogens is 1. The number of aliphatic carboxylic acids is 1. The molecule has 2 heterocycles. The van der Waals surface area contributed by atoms with Crippen LogP contribution in [-0.4, -0.2) is 39.6 Å². The van der Waals surface area contributed by atoms with Gasteiger partial charge in [-0.15, -0.1) is 0 Å². The molecule has 2 unspecified atom stereocenters. The molecule has 2 atom stereocenters. The molecule has 0 aliphatic carbocycles. The SMILES string of the molecule is Cc1ccc(-c2cc(C(=O)N3CCC(C(=O)O)C3C)on2)cc1. The first kappa shape index (κ1) is 15.3. The van der Waals surface area contributed by atoms with Crippen LogP contribution in [0.15, 0.2) is 34.9 Å². The number of nitrogens with zero attached hydrogens (tertiary/aromatic N) is 2. The summed E-state index contributed by atoms with van der Waals surface area (Å²) < 4.78 is 5.18. The first-order valence-electron chi connectivity index (χ1n) is 7.55. The topological polar surface area (TPSA) is 83.6 Å². The highest BCUT2D eigenvalue weighted by atomic mass is 16.5. The van der Waals surface area contributed by atoms with Gasteiger partial charge in [-0.3, -0.25) is 9.59 Å². The van der Waals surface area contributed by atoms with Crippen LogP contribution in [0.2, 0.25) is 0 Å². The van der Waals surface area contributed by atoms with E-state index in [-0.39, 0.29) is 17.7 Å². The Bertz CT molecular complexity index is 735. The highest BCUT2D eigenvalue weighted by molar-refractivity contribution is 5.93. The summed E-state index contributed by atoms with van der Waals surface area (Å²) in [5, 5.41) is 13.1. The van der Waals surface area contributed by atoms with Gasteiger partial charge in [0.25, 0.3) is 5.91 Å². The minimum Gasteiger partial charge on any atom is -0.481 e. The van der Waals surface area contributed by atoms with E-state index in [4.69, 9.17) is 9.63 Å². The molecular formula is C17H18N2O4. The number of hydrogen-bond acceptors (Lipinski definition) is 4. The predicted molar refractivity (Wildman–Crippen MR) is 82.9 cm³/mol. The van der Waals surface area contributed by atoms with Crippen LogP contribution in [0, 0.1) is 12.8 Å². The highest BCUT2D eigenvalue weighted by Crippen LogP contribution is 2.27. The lowest BCUT2D eigenvalue weighted by Gasteiger charge is -2.21. The molecule has 1 fully saturated rings. The predicted octanol–water partition coefficient (Wildman–Crippen LogP) is 2.59. The molecule has 1 saturated heterocycles. The van der Waals surface area contributed by atoms with Crippen LogP contribution < -0.4 is 0 Å². The second-order valence-corrected chi connectivity index (χ2v) is 5.91. The zero-order valence-electron chi connectivity index (χ0n) is 13.0. The second kappa shape index (κ2) is 5.87. The summed E-state index contributed by atoms with van der Waals surface area (Å²) in [5.41, 5.74) is 2.60. The lowest BCUT2D eigenvalue weighted by molar-refractivity contribution is -0.142. The van der Waals surface area contributed by atoms with Crippen molar-refractivity contribution in [2.45, 2.75) is 26.3 Å². The van der Waals surface area contributed by atoms with Crippen LogP contribution in [0.25, 0.3) is 11.3 Å². The summed E-state index contributed by atoms with van der Waals surface area (Å²) in [6.45, 7) is 4.16. The van der Waals surface area contributed by atoms with Gasteiger partial charge in [0, 0.05) is 24.2 Å². The van der Waals surface area contributed by atoms with Gasteiger partial charge in [-0.2, -0.15) is 0 Å². The van der Waals surface area contributed by atoms with Gasteiger partial charge in [0.15, 0.2) is 0 Å². The van der Waals surface area contributed by atoms with Crippen molar-refractivity contribution in [1.29, 1.82) is 0 Å². The zero-order chi connectivity index (χ0) is 16.6. The number of carbonyl (C=O) groups is 2. The van der Waals surface area contributed by atoms with Crippen molar-refractivity contribution in [3.63, 3.8) is 0 Å². The Morgan fingerprint density at radius 2 is 2.00 bits per heavy atom. The average Bonchev–Trinajstić information content (AvgIpc) is 3.14. The molecule has 0 saturated carbocycles. The summed E-state index contributed by atoms with van der Waals surface area (Å²) in [7, 11) is 0. The molecule has 1 aromatic carbocycles. The molecule has 0 radical (unpaired) electrons. The van der Waals surface area contributed by atoms with E-state index in [2.05, 4.69) is 5.16 Å². The van der Waals surface area contributed by atoms with Gasteiger partial charge in [0.1, 0.15) is 5.69 Å². The summed E-state index contributed by atoms with van der Waals surface area (Å²) in [5.74, 6) is -1.57. The molecule has 1 N–H and O–H groups in total. The minimum atomic E-state index is -0.870. The Morgan fingerprint density at radius 3 is 2.61 bits per heavy atom. The standard InChI is InChI=1S/C17H18N2O4/c1-10-3-5-12(6-4-10)14-9-15(23-18-14)16(20)19-8-7-13(11(19)2)17(21)22/h3-6,9,11,13H,7-8H2,1-2H3,(H,21,22). The van der Waals surface area contributed by atoms with E-state index in [1.807, 2.05) is 31.2 Å². The van der Waals surface area contributed by atoms with Crippen molar-refractivity contribution in [3.05, 3.63) is 41.7 Å². The molecule has 6 nitrogen and oxygen atoms in total. The highest BCUT2D eigenvalue weighted by Gasteiger charge is 2.39. The largest absolute Gasteiger partial charge is 0.481 e. The third kappa shape index (κ3) is 2.84. The molecular weight excluding hydrogens is 296 g/mol. The van der Waals surface area contributed by atoms with E-state index in [1.165, 1.54) is 4.90 Å². The van der Waals surface area contributed by atoms with Crippen molar-refractivity contribution < 1.29 is 19.2 Å². The van der Waals surface area contributed by atoms with Crippen LogP contribution in [-0.2, 0) is 4.79 Å². The quantitative estimate of drug-likeness (QED) is 0.941. The van der Waals surface area contributed by atoms with Crippen molar-refractivity contribution in [2.24, 2.45) is 5.92 Å². The molecule has 3 rings (SSSR count). The van der Waals surface area contributed by atoms with Gasteiger partial charge in [0.05, 0.1) is 5.92 Å². The lowest BCUT2D eigenvalue weighted by Crippen LogP contribution is -2.37. The summed E-state index contributed by atoms with van der Waals surface area (Å²) in [4.78, 5) is 25.2. The Kier molecular flexibility index (Phi) is 3.90. The number of rotatable bonds is 3. The van der Waals surface area contributed by atoms with Gasteiger partial charge < -0.3 is 14.5 Å². The molecule has 1 aliphatic rings. The van der Waals surface area contributed by atoms with Gasteiger partial charge >= 0.3 is 5.97 Å². The summed E-state index contributed by atoms with van der Waals surface area (Å²) in [6, 6.07) is 9.01. The molecule has 120 valence electrons. The van der Waals surface area contributed by atoms with E-state index in [9.17, 15) is 9.59 Å². The summed E-state index contributed by atoms with van der Waals surface area (Å²) in [6.07, 6.45) is 0.460. The van der Waals surface area contributed by atoms with Crippen LogP contribution in [0.4, 0.5) is 0 Å². The maximum atomic E-state index is 12.5. The molecule has 0 spiro atoms. The van der Waals surface area contributed by atoms with Crippen LogP contribution >= 0.6 is 0 Å². The number of aryl methyl sites for hydroxylation is 1. The van der Waals surface area contributed by atoms with E-state index >= 15 is 0 Å². The third-order valence-electron chi connectivity index (χ3n) is 4.40. The second-order valence-electron chi connectivity index (χ2n) is 5.91. The number of hydrogen-bond donors (Lipinski definition) is 1. The number of likely N-dealkylation sites (tertiary alicyclic amines) is 1. The Hall–Kier alpha value is -2.63. The lowest BCUT2D eigenvalue weighted by atomic mass is 10.0. The first-order chi connectivity index (χ1) is 11.0. The van der Waals surface area contributed by atoms with Crippen molar-refractivity contribution in [2.75, 3.05) is 6.54 Å². The molecule has 2 aromatic rings. The van der Waals surface area contributed by atoms with E-state index in [1.54, 1.807) is 13.0 Å². The van der Waals surface area contributed by atoms with Crippen LogP contribution in [0.5, 0.6) is 0 Å².